The van der Waals surface area contributed by atoms with Gasteiger partial charge in [0.1, 0.15) is 11.3 Å². The van der Waals surface area contributed by atoms with Crippen LogP contribution in [-0.4, -0.2) is 32.4 Å². The monoisotopic (exact) mass is 400 g/mol. The fourth-order valence-electron chi connectivity index (χ4n) is 4.72. The fraction of sp³-hybridized carbons (Fsp3) is 0.455. The van der Waals surface area contributed by atoms with Gasteiger partial charge in [-0.2, -0.15) is 13.2 Å². The molecule has 3 aromatic rings. The third kappa shape index (κ3) is 3.64. The number of hydrogen-bond acceptors (Lipinski definition) is 3. The van der Waals surface area contributed by atoms with E-state index in [0.29, 0.717) is 12.5 Å². The zero-order valence-corrected chi connectivity index (χ0v) is 16.1. The first kappa shape index (κ1) is 18.6. The van der Waals surface area contributed by atoms with E-state index >= 15 is 0 Å². The first-order valence-corrected chi connectivity index (χ1v) is 10.2. The molecule has 4 nitrogen and oxygen atoms in total. The number of hydrogen-bond donors (Lipinski definition) is 1. The number of alkyl halides is 3. The molecular formula is C22H23F3N4. The average Bonchev–Trinajstić information content (AvgIpc) is 3.29. The van der Waals surface area contributed by atoms with Gasteiger partial charge in [-0.25, -0.2) is 4.98 Å². The van der Waals surface area contributed by atoms with Crippen molar-refractivity contribution in [2.75, 3.05) is 6.54 Å². The zero-order chi connectivity index (χ0) is 20.0. The maximum atomic E-state index is 12.6. The summed E-state index contributed by atoms with van der Waals surface area (Å²) in [5.74, 6) is 0. The SMILES string of the molecule is FC(F)(F)c1ccc(CCCc2cnc3[nH]c4c(c3c2)CN2CCCC2C4)cn1. The van der Waals surface area contributed by atoms with E-state index in [-0.39, 0.29) is 0 Å². The average molecular weight is 400 g/mol. The van der Waals surface area contributed by atoms with Crippen LogP contribution in [0.4, 0.5) is 13.2 Å². The Balaban J connectivity index is 1.27. The molecule has 29 heavy (non-hydrogen) atoms. The molecule has 7 heteroatoms. The minimum atomic E-state index is -4.38. The Hall–Kier alpha value is -2.41. The van der Waals surface area contributed by atoms with Gasteiger partial charge in [-0.1, -0.05) is 6.07 Å². The van der Waals surface area contributed by atoms with Crippen LogP contribution in [0.1, 0.15) is 47.3 Å². The highest BCUT2D eigenvalue weighted by Gasteiger charge is 2.33. The Morgan fingerprint density at radius 2 is 1.93 bits per heavy atom. The number of nitrogens with one attached hydrogen (secondary N) is 1. The first-order chi connectivity index (χ1) is 14.0. The van der Waals surface area contributed by atoms with Gasteiger partial charge in [0, 0.05) is 42.5 Å². The number of aromatic amines is 1. The van der Waals surface area contributed by atoms with Crippen LogP contribution >= 0.6 is 0 Å². The molecular weight excluding hydrogens is 377 g/mol. The number of halogens is 3. The Kier molecular flexibility index (Phi) is 4.57. The summed E-state index contributed by atoms with van der Waals surface area (Å²) in [6.45, 7) is 2.19. The molecule has 5 rings (SSSR count). The molecule has 0 amide bonds. The van der Waals surface area contributed by atoms with Gasteiger partial charge in [0.25, 0.3) is 0 Å². The molecule has 152 valence electrons. The Labute approximate surface area is 167 Å². The summed E-state index contributed by atoms with van der Waals surface area (Å²) < 4.78 is 37.8. The second-order valence-corrected chi connectivity index (χ2v) is 8.20. The molecule has 1 unspecified atom stereocenters. The molecule has 1 fully saturated rings. The zero-order valence-electron chi connectivity index (χ0n) is 16.1. The summed E-state index contributed by atoms with van der Waals surface area (Å²) in [5.41, 5.74) is 4.84. The summed E-state index contributed by atoms with van der Waals surface area (Å²) in [5, 5.41) is 1.22. The van der Waals surface area contributed by atoms with E-state index in [2.05, 4.69) is 25.9 Å². The molecule has 2 aliphatic heterocycles. The first-order valence-electron chi connectivity index (χ1n) is 10.2. The van der Waals surface area contributed by atoms with Crippen molar-refractivity contribution < 1.29 is 13.2 Å². The lowest BCUT2D eigenvalue weighted by Crippen LogP contribution is -2.34. The van der Waals surface area contributed by atoms with Crippen molar-refractivity contribution in [2.24, 2.45) is 0 Å². The summed E-state index contributed by atoms with van der Waals surface area (Å²) in [6, 6.07) is 5.48. The minimum Gasteiger partial charge on any atom is -0.343 e. The van der Waals surface area contributed by atoms with Crippen LogP contribution in [0.3, 0.4) is 0 Å². The van der Waals surface area contributed by atoms with Gasteiger partial charge in [-0.05, 0) is 67.5 Å². The van der Waals surface area contributed by atoms with E-state index in [0.717, 1.165) is 43.1 Å². The third-order valence-corrected chi connectivity index (χ3v) is 6.25. The molecule has 1 N–H and O–H groups in total. The van der Waals surface area contributed by atoms with Crippen molar-refractivity contribution in [3.63, 3.8) is 0 Å². The quantitative estimate of drug-likeness (QED) is 0.692. The number of rotatable bonds is 4. The summed E-state index contributed by atoms with van der Waals surface area (Å²) in [7, 11) is 0. The van der Waals surface area contributed by atoms with Crippen molar-refractivity contribution in [3.05, 3.63) is 58.7 Å². The molecule has 3 aromatic heterocycles. The Morgan fingerprint density at radius 1 is 1.10 bits per heavy atom. The lowest BCUT2D eigenvalue weighted by molar-refractivity contribution is -0.141. The summed E-state index contributed by atoms with van der Waals surface area (Å²) in [4.78, 5) is 14.3. The molecule has 0 bridgehead atoms. The van der Waals surface area contributed by atoms with Gasteiger partial charge in [0.2, 0.25) is 0 Å². The molecule has 1 atom stereocenters. The molecule has 0 aliphatic carbocycles. The molecule has 0 saturated carbocycles. The molecule has 5 heterocycles. The predicted octanol–water partition coefficient (Wildman–Crippen LogP) is 4.67. The number of pyridine rings is 2. The maximum absolute atomic E-state index is 12.6. The fourth-order valence-corrected chi connectivity index (χ4v) is 4.72. The van der Waals surface area contributed by atoms with E-state index in [1.165, 1.54) is 53.9 Å². The van der Waals surface area contributed by atoms with Gasteiger partial charge in [-0.3, -0.25) is 9.88 Å². The van der Waals surface area contributed by atoms with Gasteiger partial charge in [0.05, 0.1) is 0 Å². The largest absolute Gasteiger partial charge is 0.433 e. The van der Waals surface area contributed by atoms with Gasteiger partial charge < -0.3 is 4.98 Å². The Bertz CT molecular complexity index is 1020. The maximum Gasteiger partial charge on any atom is 0.433 e. The highest BCUT2D eigenvalue weighted by atomic mass is 19.4. The van der Waals surface area contributed by atoms with E-state index < -0.39 is 11.9 Å². The molecule has 0 spiro atoms. The van der Waals surface area contributed by atoms with E-state index in [1.54, 1.807) is 0 Å². The standard InChI is InChI=1S/C22H23F3N4/c23-22(24,25)20-7-6-14(11-26-20)3-1-4-15-9-17-18-13-29-8-2-5-16(29)10-19(18)28-21(17)27-12-15/h6-7,9,11-12,16H,1-5,8,10,13H2,(H,27,28). The van der Waals surface area contributed by atoms with Crippen LogP contribution in [0, 0.1) is 0 Å². The predicted molar refractivity (Wildman–Crippen MR) is 104 cm³/mol. The lowest BCUT2D eigenvalue weighted by Gasteiger charge is -2.29. The second kappa shape index (κ2) is 7.13. The van der Waals surface area contributed by atoms with Crippen LogP contribution in [0.2, 0.25) is 0 Å². The van der Waals surface area contributed by atoms with Crippen molar-refractivity contribution in [1.29, 1.82) is 0 Å². The Morgan fingerprint density at radius 3 is 2.72 bits per heavy atom. The van der Waals surface area contributed by atoms with E-state index in [9.17, 15) is 13.2 Å². The van der Waals surface area contributed by atoms with Crippen LogP contribution in [0.25, 0.3) is 11.0 Å². The number of fused-ring (bicyclic) bond motifs is 4. The normalized spacial score (nSPS) is 19.5. The molecule has 0 radical (unpaired) electrons. The van der Waals surface area contributed by atoms with Gasteiger partial charge >= 0.3 is 6.18 Å². The van der Waals surface area contributed by atoms with E-state index in [4.69, 9.17) is 0 Å². The number of H-pyrrole nitrogens is 1. The lowest BCUT2D eigenvalue weighted by atomic mass is 9.98. The smallest absolute Gasteiger partial charge is 0.343 e. The van der Waals surface area contributed by atoms with Gasteiger partial charge in [-0.15, -0.1) is 0 Å². The van der Waals surface area contributed by atoms with Crippen LogP contribution < -0.4 is 0 Å². The topological polar surface area (TPSA) is 44.8 Å². The summed E-state index contributed by atoms with van der Waals surface area (Å²) >= 11 is 0. The third-order valence-electron chi connectivity index (χ3n) is 6.25. The molecule has 1 saturated heterocycles. The van der Waals surface area contributed by atoms with Crippen LogP contribution in [0.15, 0.2) is 30.6 Å². The highest BCUT2D eigenvalue weighted by Crippen LogP contribution is 2.34. The number of aryl methyl sites for hydroxylation is 2. The van der Waals surface area contributed by atoms with Crippen LogP contribution in [-0.2, 0) is 32.0 Å². The van der Waals surface area contributed by atoms with Crippen LogP contribution in [0.5, 0.6) is 0 Å². The number of nitrogens with zero attached hydrogens (tertiary/aromatic N) is 3. The minimum absolute atomic E-state index is 0.673. The molecule has 2 aliphatic rings. The molecule has 0 aromatic carbocycles. The van der Waals surface area contributed by atoms with Crippen molar-refractivity contribution in [2.45, 2.75) is 57.3 Å². The van der Waals surface area contributed by atoms with Crippen molar-refractivity contribution >= 4 is 11.0 Å². The highest BCUT2D eigenvalue weighted by molar-refractivity contribution is 5.82. The second-order valence-electron chi connectivity index (χ2n) is 8.20. The summed E-state index contributed by atoms with van der Waals surface area (Å²) in [6.07, 6.45) is 4.91. The van der Waals surface area contributed by atoms with E-state index in [1.807, 2.05) is 6.20 Å². The van der Waals surface area contributed by atoms with Crippen molar-refractivity contribution in [1.82, 2.24) is 19.9 Å². The van der Waals surface area contributed by atoms with Gasteiger partial charge in [0.15, 0.2) is 0 Å². The number of aromatic nitrogens is 3. The van der Waals surface area contributed by atoms with Crippen molar-refractivity contribution in [3.8, 4) is 0 Å².